The summed E-state index contributed by atoms with van der Waals surface area (Å²) < 4.78 is 6.00. The van der Waals surface area contributed by atoms with E-state index >= 15 is 0 Å². The number of hydrogen-bond donors (Lipinski definition) is 2. The number of amides is 1. The number of nitrogens with zero attached hydrogens (tertiary/aromatic N) is 1. The lowest BCUT2D eigenvalue weighted by Crippen LogP contribution is -2.30. The van der Waals surface area contributed by atoms with Crippen molar-refractivity contribution in [1.82, 2.24) is 10.6 Å². The summed E-state index contributed by atoms with van der Waals surface area (Å²) in [5.41, 5.74) is 2.15. The van der Waals surface area contributed by atoms with Gasteiger partial charge in [0.25, 0.3) is 5.91 Å². The van der Waals surface area contributed by atoms with Crippen LogP contribution in [0.2, 0.25) is 0 Å². The van der Waals surface area contributed by atoms with E-state index in [2.05, 4.69) is 21.1 Å². The monoisotopic (exact) mass is 287 g/mol. The zero-order chi connectivity index (χ0) is 10.8. The number of carbonyl (C=O) groups excluding carboxylic acids is 1. The average Bonchev–Trinajstić information content (AvgIpc) is 2.84. The highest BCUT2D eigenvalue weighted by atomic mass is 79.9. The fourth-order valence-electron chi connectivity index (χ4n) is 1.02. The van der Waals surface area contributed by atoms with Gasteiger partial charge >= 0.3 is 0 Å². The molecule has 2 aromatic heterocycles. The van der Waals surface area contributed by atoms with Crippen LogP contribution in [0.25, 0.3) is 10.6 Å². The first-order chi connectivity index (χ1) is 7.20. The Morgan fingerprint density at radius 3 is 3.00 bits per heavy atom. The molecule has 1 amide bonds. The van der Waals surface area contributed by atoms with Crippen LogP contribution in [0.3, 0.4) is 0 Å². The SMILES string of the molecule is NNC(=O)c1cc(-c2ccc(Br)s2)on1. The fraction of sp³-hybridized carbons (Fsp3) is 0. The highest BCUT2D eigenvalue weighted by Gasteiger charge is 2.13. The molecule has 2 rings (SSSR count). The lowest BCUT2D eigenvalue weighted by Gasteiger charge is -1.88. The second-order valence-electron chi connectivity index (χ2n) is 2.65. The van der Waals surface area contributed by atoms with E-state index in [9.17, 15) is 4.79 Å². The maximum Gasteiger partial charge on any atom is 0.287 e. The van der Waals surface area contributed by atoms with Crippen LogP contribution in [-0.2, 0) is 0 Å². The Bertz CT molecular complexity index is 494. The minimum atomic E-state index is -0.472. The summed E-state index contributed by atoms with van der Waals surface area (Å²) in [5.74, 6) is 5.04. The van der Waals surface area contributed by atoms with Crippen LogP contribution < -0.4 is 11.3 Å². The van der Waals surface area contributed by atoms with E-state index in [1.54, 1.807) is 6.07 Å². The Hall–Kier alpha value is -1.18. The standard InChI is InChI=1S/C8H6BrN3O2S/c9-7-2-1-6(15-7)5-3-4(12-14-5)8(13)11-10/h1-3H,10H2,(H,11,13). The number of carbonyl (C=O) groups is 1. The van der Waals surface area contributed by atoms with Gasteiger partial charge in [-0.15, -0.1) is 11.3 Å². The molecule has 0 saturated heterocycles. The molecular weight excluding hydrogens is 282 g/mol. The fourth-order valence-corrected chi connectivity index (χ4v) is 2.35. The number of hydrazine groups is 1. The molecule has 0 aromatic carbocycles. The molecule has 0 unspecified atom stereocenters. The molecule has 15 heavy (non-hydrogen) atoms. The van der Waals surface area contributed by atoms with Crippen molar-refractivity contribution >= 4 is 33.2 Å². The van der Waals surface area contributed by atoms with Crippen molar-refractivity contribution < 1.29 is 9.32 Å². The second kappa shape index (κ2) is 4.13. The minimum Gasteiger partial charge on any atom is -0.355 e. The van der Waals surface area contributed by atoms with Crippen molar-refractivity contribution in [3.8, 4) is 10.6 Å². The molecule has 0 aliphatic heterocycles. The summed E-state index contributed by atoms with van der Waals surface area (Å²) in [6.07, 6.45) is 0. The maximum absolute atomic E-state index is 11.1. The quantitative estimate of drug-likeness (QED) is 0.501. The molecule has 2 heterocycles. The summed E-state index contributed by atoms with van der Waals surface area (Å²) in [7, 11) is 0. The number of nitrogens with one attached hydrogen (secondary N) is 1. The van der Waals surface area contributed by atoms with Gasteiger partial charge in [0, 0.05) is 6.07 Å². The highest BCUT2D eigenvalue weighted by Crippen LogP contribution is 2.31. The lowest BCUT2D eigenvalue weighted by atomic mass is 10.3. The Morgan fingerprint density at radius 1 is 1.60 bits per heavy atom. The van der Waals surface area contributed by atoms with Crippen LogP contribution in [0, 0.1) is 0 Å². The largest absolute Gasteiger partial charge is 0.355 e. The van der Waals surface area contributed by atoms with Gasteiger partial charge in [-0.05, 0) is 28.1 Å². The normalized spacial score (nSPS) is 10.3. The van der Waals surface area contributed by atoms with Crippen LogP contribution in [0.5, 0.6) is 0 Å². The van der Waals surface area contributed by atoms with Crippen molar-refractivity contribution in [2.45, 2.75) is 0 Å². The van der Waals surface area contributed by atoms with Gasteiger partial charge in [0.15, 0.2) is 11.5 Å². The van der Waals surface area contributed by atoms with Crippen LogP contribution in [0.1, 0.15) is 10.5 Å². The van der Waals surface area contributed by atoms with Gasteiger partial charge in [0.05, 0.1) is 8.66 Å². The number of hydrogen-bond acceptors (Lipinski definition) is 5. The smallest absolute Gasteiger partial charge is 0.287 e. The number of halogens is 1. The lowest BCUT2D eigenvalue weighted by molar-refractivity contribution is 0.0944. The van der Waals surface area contributed by atoms with Crippen LogP contribution >= 0.6 is 27.3 Å². The number of nitrogens with two attached hydrogens (primary N) is 1. The number of nitrogen functional groups attached to an aromatic ring is 1. The predicted molar refractivity (Wildman–Crippen MR) is 59.2 cm³/mol. The summed E-state index contributed by atoms with van der Waals surface area (Å²) >= 11 is 4.83. The molecule has 7 heteroatoms. The highest BCUT2D eigenvalue weighted by molar-refractivity contribution is 9.11. The van der Waals surface area contributed by atoms with Gasteiger partial charge in [0.1, 0.15) is 0 Å². The molecule has 2 aromatic rings. The molecule has 0 fully saturated rings. The number of rotatable bonds is 2. The topological polar surface area (TPSA) is 81.1 Å². The molecule has 3 N–H and O–H groups in total. The molecular formula is C8H6BrN3O2S. The van der Waals surface area contributed by atoms with Crippen molar-refractivity contribution in [2.24, 2.45) is 5.84 Å². The van der Waals surface area contributed by atoms with Gasteiger partial charge in [-0.25, -0.2) is 5.84 Å². The van der Waals surface area contributed by atoms with E-state index in [1.807, 2.05) is 17.6 Å². The molecule has 0 saturated carbocycles. The van der Waals surface area contributed by atoms with E-state index in [4.69, 9.17) is 10.4 Å². The first-order valence-electron chi connectivity index (χ1n) is 3.94. The average molecular weight is 288 g/mol. The van der Waals surface area contributed by atoms with E-state index in [1.165, 1.54) is 11.3 Å². The van der Waals surface area contributed by atoms with Crippen molar-refractivity contribution in [1.29, 1.82) is 0 Å². The molecule has 0 radical (unpaired) electrons. The molecule has 0 aliphatic carbocycles. The van der Waals surface area contributed by atoms with Crippen molar-refractivity contribution in [2.75, 3.05) is 0 Å². The van der Waals surface area contributed by atoms with E-state index < -0.39 is 5.91 Å². The number of aromatic nitrogens is 1. The van der Waals surface area contributed by atoms with Crippen LogP contribution in [0.15, 0.2) is 26.5 Å². The van der Waals surface area contributed by atoms with Gasteiger partial charge in [0.2, 0.25) is 0 Å². The van der Waals surface area contributed by atoms with E-state index in [-0.39, 0.29) is 5.69 Å². The predicted octanol–water partition coefficient (Wildman–Crippen LogP) is 1.77. The zero-order valence-corrected chi connectivity index (χ0v) is 9.76. The van der Waals surface area contributed by atoms with Gasteiger partial charge in [-0.3, -0.25) is 10.2 Å². The molecule has 0 spiro atoms. The Labute approximate surface area is 97.3 Å². The third-order valence-electron chi connectivity index (χ3n) is 1.69. The molecule has 78 valence electrons. The first kappa shape index (κ1) is 10.3. The van der Waals surface area contributed by atoms with Gasteiger partial charge < -0.3 is 4.52 Å². The Kier molecular flexibility index (Phi) is 2.85. The summed E-state index contributed by atoms with van der Waals surface area (Å²) in [4.78, 5) is 12.0. The van der Waals surface area contributed by atoms with Crippen LogP contribution in [0.4, 0.5) is 0 Å². The summed E-state index contributed by atoms with van der Waals surface area (Å²) in [6.45, 7) is 0. The van der Waals surface area contributed by atoms with Crippen molar-refractivity contribution in [3.05, 3.63) is 27.7 Å². The Balaban J connectivity index is 2.31. The number of thiophene rings is 1. The zero-order valence-electron chi connectivity index (χ0n) is 7.36. The van der Waals surface area contributed by atoms with E-state index in [0.717, 1.165) is 8.66 Å². The molecule has 0 bridgehead atoms. The first-order valence-corrected chi connectivity index (χ1v) is 5.55. The van der Waals surface area contributed by atoms with E-state index in [0.29, 0.717) is 5.76 Å². The summed E-state index contributed by atoms with van der Waals surface area (Å²) in [5, 5.41) is 3.60. The maximum atomic E-state index is 11.1. The van der Waals surface area contributed by atoms with Gasteiger partial charge in [-0.2, -0.15) is 0 Å². The minimum absolute atomic E-state index is 0.164. The van der Waals surface area contributed by atoms with Crippen molar-refractivity contribution in [3.63, 3.8) is 0 Å². The third kappa shape index (κ3) is 2.09. The second-order valence-corrected chi connectivity index (χ2v) is 5.12. The molecule has 0 atom stereocenters. The summed E-state index contributed by atoms with van der Waals surface area (Å²) in [6, 6.07) is 5.31. The van der Waals surface area contributed by atoms with Gasteiger partial charge in [-0.1, -0.05) is 5.16 Å². The molecule has 5 nitrogen and oxygen atoms in total. The Morgan fingerprint density at radius 2 is 2.40 bits per heavy atom. The third-order valence-corrected chi connectivity index (χ3v) is 3.33. The molecule has 0 aliphatic rings. The van der Waals surface area contributed by atoms with Crippen LogP contribution in [-0.4, -0.2) is 11.1 Å².